The van der Waals surface area contributed by atoms with Crippen molar-refractivity contribution in [3.05, 3.63) is 46.3 Å². The summed E-state index contributed by atoms with van der Waals surface area (Å²) in [7, 11) is 0. The number of hydrogen-bond donors (Lipinski definition) is 1. The minimum atomic E-state index is -4.39. The summed E-state index contributed by atoms with van der Waals surface area (Å²) < 4.78 is 39.5. The second-order valence-electron chi connectivity index (χ2n) is 5.37. The SMILES string of the molecule is O=C(O)N1CCc2cc(-c3ccccc3C(F)(F)F)sc2CC1. The van der Waals surface area contributed by atoms with Crippen LogP contribution in [0.4, 0.5) is 18.0 Å². The first-order valence-corrected chi connectivity index (χ1v) is 7.94. The van der Waals surface area contributed by atoms with E-state index in [1.807, 2.05) is 0 Å². The van der Waals surface area contributed by atoms with Crippen LogP contribution in [0.25, 0.3) is 10.4 Å². The first kappa shape index (κ1) is 15.9. The van der Waals surface area contributed by atoms with E-state index in [9.17, 15) is 18.0 Å². The third kappa shape index (κ3) is 3.19. The zero-order valence-electron chi connectivity index (χ0n) is 12.1. The molecule has 3 nitrogen and oxygen atoms in total. The van der Waals surface area contributed by atoms with E-state index in [4.69, 9.17) is 5.11 Å². The number of alkyl halides is 3. The Hall–Kier alpha value is -2.02. The molecular formula is C16H14F3NO2S. The average molecular weight is 341 g/mol. The van der Waals surface area contributed by atoms with Crippen LogP contribution in [-0.4, -0.2) is 29.2 Å². The zero-order valence-corrected chi connectivity index (χ0v) is 12.9. The van der Waals surface area contributed by atoms with Gasteiger partial charge in [-0.2, -0.15) is 13.2 Å². The molecule has 1 aromatic heterocycles. The van der Waals surface area contributed by atoms with E-state index in [2.05, 4.69) is 0 Å². The third-order valence-corrected chi connectivity index (χ3v) is 5.20. The molecule has 1 N–H and O–H groups in total. The molecular weight excluding hydrogens is 327 g/mol. The highest BCUT2D eigenvalue weighted by atomic mass is 32.1. The second-order valence-corrected chi connectivity index (χ2v) is 6.51. The Balaban J connectivity index is 1.95. The molecule has 0 saturated carbocycles. The van der Waals surface area contributed by atoms with E-state index in [0.29, 0.717) is 30.8 Å². The zero-order chi connectivity index (χ0) is 16.6. The second kappa shape index (κ2) is 5.88. The Labute approximate surface area is 135 Å². The predicted molar refractivity (Wildman–Crippen MR) is 81.8 cm³/mol. The van der Waals surface area contributed by atoms with Gasteiger partial charge < -0.3 is 10.0 Å². The fourth-order valence-electron chi connectivity index (χ4n) is 2.76. The third-order valence-electron chi connectivity index (χ3n) is 3.92. The number of benzene rings is 1. The van der Waals surface area contributed by atoms with E-state index < -0.39 is 17.8 Å². The summed E-state index contributed by atoms with van der Waals surface area (Å²) in [6, 6.07) is 7.33. The maximum absolute atomic E-state index is 13.2. The Bertz CT molecular complexity index is 714. The number of amides is 1. The molecule has 1 aromatic carbocycles. The number of carbonyl (C=O) groups is 1. The predicted octanol–water partition coefficient (Wildman–Crippen LogP) is 4.51. The highest BCUT2D eigenvalue weighted by Gasteiger charge is 2.34. The number of halogens is 3. The van der Waals surface area contributed by atoms with Crippen molar-refractivity contribution in [2.45, 2.75) is 19.0 Å². The molecule has 2 aromatic rings. The van der Waals surface area contributed by atoms with E-state index in [-0.39, 0.29) is 5.56 Å². The average Bonchev–Trinajstić information content (AvgIpc) is 2.79. The molecule has 23 heavy (non-hydrogen) atoms. The van der Waals surface area contributed by atoms with Gasteiger partial charge in [0.2, 0.25) is 0 Å². The fraction of sp³-hybridized carbons (Fsp3) is 0.312. The Morgan fingerprint density at radius 3 is 2.57 bits per heavy atom. The molecule has 2 heterocycles. The lowest BCUT2D eigenvalue weighted by Gasteiger charge is -2.15. The van der Waals surface area contributed by atoms with E-state index >= 15 is 0 Å². The number of rotatable bonds is 1. The number of thiophene rings is 1. The molecule has 3 rings (SSSR count). The molecule has 1 aliphatic rings. The van der Waals surface area contributed by atoms with E-state index in [1.165, 1.54) is 28.4 Å². The van der Waals surface area contributed by atoms with Gasteiger partial charge in [-0.1, -0.05) is 18.2 Å². The van der Waals surface area contributed by atoms with Gasteiger partial charge in [-0.25, -0.2) is 4.79 Å². The van der Waals surface area contributed by atoms with Crippen molar-refractivity contribution in [3.63, 3.8) is 0 Å². The summed E-state index contributed by atoms with van der Waals surface area (Å²) in [6.45, 7) is 0.753. The molecule has 1 amide bonds. The normalized spacial score (nSPS) is 15.2. The summed E-state index contributed by atoms with van der Waals surface area (Å²) in [6.07, 6.45) is -4.27. The molecule has 7 heteroatoms. The van der Waals surface area contributed by atoms with Crippen LogP contribution in [0.15, 0.2) is 30.3 Å². The van der Waals surface area contributed by atoms with Crippen LogP contribution in [0.1, 0.15) is 16.0 Å². The Morgan fingerprint density at radius 2 is 1.87 bits per heavy atom. The lowest BCUT2D eigenvalue weighted by molar-refractivity contribution is -0.137. The maximum atomic E-state index is 13.2. The first-order valence-electron chi connectivity index (χ1n) is 7.12. The highest BCUT2D eigenvalue weighted by molar-refractivity contribution is 7.15. The summed E-state index contributed by atoms with van der Waals surface area (Å²) >= 11 is 1.33. The summed E-state index contributed by atoms with van der Waals surface area (Å²) in [5.41, 5.74) is 0.502. The van der Waals surface area contributed by atoms with E-state index in [0.717, 1.165) is 16.5 Å². The van der Waals surface area contributed by atoms with Crippen LogP contribution in [0, 0.1) is 0 Å². The Morgan fingerprint density at radius 1 is 1.17 bits per heavy atom. The molecule has 1 aliphatic heterocycles. The van der Waals surface area contributed by atoms with Crippen molar-refractivity contribution in [2.75, 3.05) is 13.1 Å². The van der Waals surface area contributed by atoms with Gasteiger partial charge in [0.15, 0.2) is 0 Å². The lowest BCUT2D eigenvalue weighted by atomic mass is 10.0. The Kier molecular flexibility index (Phi) is 4.06. The quantitative estimate of drug-likeness (QED) is 0.829. The number of carboxylic acid groups (broad SMARTS) is 1. The standard InChI is InChI=1S/C16H14F3NO2S/c17-16(18,19)12-4-2-1-3-11(12)14-9-10-5-7-20(15(21)22)8-6-13(10)23-14/h1-4,9H,5-8H2,(H,21,22). The van der Waals surface area contributed by atoms with Crippen molar-refractivity contribution < 1.29 is 23.1 Å². The molecule has 0 unspecified atom stereocenters. The smallest absolute Gasteiger partial charge is 0.417 e. The number of hydrogen-bond acceptors (Lipinski definition) is 2. The fourth-order valence-corrected chi connectivity index (χ4v) is 4.00. The molecule has 0 aliphatic carbocycles. The van der Waals surface area contributed by atoms with Gasteiger partial charge in [0.05, 0.1) is 5.56 Å². The van der Waals surface area contributed by atoms with Crippen LogP contribution >= 0.6 is 11.3 Å². The van der Waals surface area contributed by atoms with Crippen LogP contribution in [0.5, 0.6) is 0 Å². The van der Waals surface area contributed by atoms with Gasteiger partial charge in [-0.15, -0.1) is 11.3 Å². The molecule has 0 atom stereocenters. The van der Waals surface area contributed by atoms with Gasteiger partial charge in [-0.05, 0) is 30.5 Å². The maximum Gasteiger partial charge on any atom is 0.417 e. The molecule has 0 saturated heterocycles. The van der Waals surface area contributed by atoms with Crippen LogP contribution in [0.2, 0.25) is 0 Å². The van der Waals surface area contributed by atoms with Crippen LogP contribution in [-0.2, 0) is 19.0 Å². The van der Waals surface area contributed by atoms with E-state index in [1.54, 1.807) is 12.1 Å². The van der Waals surface area contributed by atoms with Crippen molar-refractivity contribution in [1.82, 2.24) is 4.90 Å². The minimum Gasteiger partial charge on any atom is -0.465 e. The number of nitrogens with zero attached hydrogens (tertiary/aromatic N) is 1. The molecule has 0 radical (unpaired) electrons. The summed E-state index contributed by atoms with van der Waals surface area (Å²) in [5.74, 6) is 0. The van der Waals surface area contributed by atoms with Gasteiger partial charge >= 0.3 is 12.3 Å². The van der Waals surface area contributed by atoms with Crippen molar-refractivity contribution >= 4 is 17.4 Å². The van der Waals surface area contributed by atoms with Gasteiger partial charge in [0, 0.05) is 28.4 Å². The topological polar surface area (TPSA) is 40.5 Å². The van der Waals surface area contributed by atoms with Crippen molar-refractivity contribution in [1.29, 1.82) is 0 Å². The largest absolute Gasteiger partial charge is 0.465 e. The first-order chi connectivity index (χ1) is 10.9. The van der Waals surface area contributed by atoms with Crippen molar-refractivity contribution in [3.8, 4) is 10.4 Å². The van der Waals surface area contributed by atoms with Gasteiger partial charge in [0.1, 0.15) is 0 Å². The molecule has 122 valence electrons. The number of fused-ring (bicyclic) bond motifs is 1. The molecule has 0 spiro atoms. The summed E-state index contributed by atoms with van der Waals surface area (Å²) in [4.78, 5) is 13.9. The van der Waals surface area contributed by atoms with Gasteiger partial charge in [0.25, 0.3) is 0 Å². The minimum absolute atomic E-state index is 0.188. The highest BCUT2D eigenvalue weighted by Crippen LogP contribution is 2.41. The lowest BCUT2D eigenvalue weighted by Crippen LogP contribution is -2.31. The van der Waals surface area contributed by atoms with Crippen molar-refractivity contribution in [2.24, 2.45) is 0 Å². The molecule has 0 fully saturated rings. The summed E-state index contributed by atoms with van der Waals surface area (Å²) in [5, 5.41) is 9.04. The van der Waals surface area contributed by atoms with Crippen LogP contribution in [0.3, 0.4) is 0 Å². The van der Waals surface area contributed by atoms with Crippen LogP contribution < -0.4 is 0 Å². The monoisotopic (exact) mass is 341 g/mol. The molecule has 0 bridgehead atoms. The van der Waals surface area contributed by atoms with Gasteiger partial charge in [-0.3, -0.25) is 0 Å².